The fourth-order valence-corrected chi connectivity index (χ4v) is 0.939. The molecule has 0 spiro atoms. The molecule has 1 N–H and O–H groups in total. The summed E-state index contributed by atoms with van der Waals surface area (Å²) >= 11 is 0. The Bertz CT molecular complexity index is 233. The van der Waals surface area contributed by atoms with Gasteiger partial charge >= 0.3 is 0 Å². The minimum Gasteiger partial charge on any atom is -0.386 e. The highest BCUT2D eigenvalue weighted by atomic mass is 19.1. The van der Waals surface area contributed by atoms with Gasteiger partial charge in [-0.25, -0.2) is 4.39 Å². The van der Waals surface area contributed by atoms with E-state index in [2.05, 4.69) is 0 Å². The van der Waals surface area contributed by atoms with Gasteiger partial charge in [0, 0.05) is 7.11 Å². The van der Waals surface area contributed by atoms with Crippen molar-refractivity contribution in [3.05, 3.63) is 35.6 Å². The maximum absolute atomic E-state index is 12.4. The molecule has 1 aromatic rings. The van der Waals surface area contributed by atoms with E-state index < -0.39 is 6.10 Å². The Balaban J connectivity index is 2.68. The Labute approximate surface area is 70.6 Å². The summed E-state index contributed by atoms with van der Waals surface area (Å²) < 4.78 is 17.2. The largest absolute Gasteiger partial charge is 0.386 e. The minimum atomic E-state index is -0.671. The van der Waals surface area contributed by atoms with Crippen LogP contribution >= 0.6 is 0 Å². The fraction of sp³-hybridized carbons (Fsp3) is 0.333. The van der Waals surface area contributed by atoms with Crippen molar-refractivity contribution >= 4 is 0 Å². The predicted octanol–water partition coefficient (Wildman–Crippen LogP) is 1.51. The van der Waals surface area contributed by atoms with E-state index >= 15 is 0 Å². The number of aliphatic hydroxyl groups excluding tert-OH is 1. The number of hydrogen-bond donors (Lipinski definition) is 1. The zero-order chi connectivity index (χ0) is 8.97. The number of benzene rings is 1. The molecule has 12 heavy (non-hydrogen) atoms. The third-order valence-electron chi connectivity index (χ3n) is 1.58. The smallest absolute Gasteiger partial charge is 0.123 e. The lowest BCUT2D eigenvalue weighted by Gasteiger charge is -2.08. The van der Waals surface area contributed by atoms with Crippen LogP contribution in [0.3, 0.4) is 0 Å². The van der Waals surface area contributed by atoms with Crippen LogP contribution < -0.4 is 0 Å². The van der Waals surface area contributed by atoms with E-state index in [-0.39, 0.29) is 12.4 Å². The van der Waals surface area contributed by atoms with E-state index in [4.69, 9.17) is 4.74 Å². The van der Waals surface area contributed by atoms with E-state index in [1.54, 1.807) is 12.1 Å². The summed E-state index contributed by atoms with van der Waals surface area (Å²) in [5.41, 5.74) is 0.665. The lowest BCUT2D eigenvalue weighted by molar-refractivity contribution is 0.0643. The maximum atomic E-state index is 12.4. The molecule has 0 heterocycles. The number of halogens is 1. The molecule has 0 amide bonds. The molecule has 0 aliphatic carbocycles. The Kier molecular flexibility index (Phi) is 3.19. The van der Waals surface area contributed by atoms with Crippen LogP contribution in [0, 0.1) is 5.82 Å². The van der Waals surface area contributed by atoms with Crippen LogP contribution in [0.4, 0.5) is 4.39 Å². The van der Waals surface area contributed by atoms with Gasteiger partial charge in [-0.3, -0.25) is 0 Å². The van der Waals surface area contributed by atoms with Crippen LogP contribution in [0.15, 0.2) is 24.3 Å². The summed E-state index contributed by atoms with van der Waals surface area (Å²) in [6.07, 6.45) is -0.671. The van der Waals surface area contributed by atoms with Crippen molar-refractivity contribution in [3.63, 3.8) is 0 Å². The average molecular weight is 170 g/mol. The molecule has 0 bridgehead atoms. The van der Waals surface area contributed by atoms with Crippen molar-refractivity contribution in [1.82, 2.24) is 0 Å². The van der Waals surface area contributed by atoms with Gasteiger partial charge in [-0.1, -0.05) is 12.1 Å². The lowest BCUT2D eigenvalue weighted by atomic mass is 10.1. The highest BCUT2D eigenvalue weighted by molar-refractivity contribution is 5.18. The molecule has 1 aromatic carbocycles. The first-order chi connectivity index (χ1) is 5.74. The molecule has 1 unspecified atom stereocenters. The van der Waals surface area contributed by atoms with Gasteiger partial charge in [-0.05, 0) is 17.7 Å². The van der Waals surface area contributed by atoms with E-state index in [0.717, 1.165) is 0 Å². The van der Waals surface area contributed by atoms with Gasteiger partial charge in [-0.15, -0.1) is 0 Å². The Morgan fingerprint density at radius 3 is 2.50 bits per heavy atom. The van der Waals surface area contributed by atoms with E-state index in [1.807, 2.05) is 0 Å². The zero-order valence-corrected chi connectivity index (χ0v) is 6.83. The summed E-state index contributed by atoms with van der Waals surface area (Å²) in [5.74, 6) is -0.302. The normalized spacial score (nSPS) is 12.9. The van der Waals surface area contributed by atoms with E-state index in [1.165, 1.54) is 19.2 Å². The molecule has 3 heteroatoms. The topological polar surface area (TPSA) is 29.5 Å². The van der Waals surface area contributed by atoms with Gasteiger partial charge in [-0.2, -0.15) is 0 Å². The molecule has 0 aliphatic heterocycles. The zero-order valence-electron chi connectivity index (χ0n) is 6.83. The van der Waals surface area contributed by atoms with Crippen LogP contribution in [0.25, 0.3) is 0 Å². The summed E-state index contributed by atoms with van der Waals surface area (Å²) in [6, 6.07) is 5.71. The van der Waals surface area contributed by atoms with Crippen molar-refractivity contribution in [2.24, 2.45) is 0 Å². The molecule has 66 valence electrons. The second kappa shape index (κ2) is 4.18. The van der Waals surface area contributed by atoms with Gasteiger partial charge in [0.1, 0.15) is 11.9 Å². The van der Waals surface area contributed by atoms with Crippen LogP contribution in [-0.2, 0) is 4.74 Å². The molecule has 0 saturated carbocycles. The second-order valence-electron chi connectivity index (χ2n) is 2.52. The van der Waals surface area contributed by atoms with Crippen molar-refractivity contribution in [3.8, 4) is 0 Å². The molecule has 0 saturated heterocycles. The van der Waals surface area contributed by atoms with Crippen LogP contribution in [-0.4, -0.2) is 18.8 Å². The minimum absolute atomic E-state index is 0.228. The summed E-state index contributed by atoms with van der Waals surface area (Å²) in [4.78, 5) is 0. The van der Waals surface area contributed by atoms with Gasteiger partial charge in [0.2, 0.25) is 0 Å². The molecule has 0 fully saturated rings. The number of methoxy groups -OCH3 is 1. The van der Waals surface area contributed by atoms with Gasteiger partial charge < -0.3 is 9.84 Å². The summed E-state index contributed by atoms with van der Waals surface area (Å²) in [5, 5.41) is 9.36. The third kappa shape index (κ3) is 2.29. The number of hydrogen-bond acceptors (Lipinski definition) is 2. The molecule has 0 radical (unpaired) electrons. The monoisotopic (exact) mass is 170 g/mol. The quantitative estimate of drug-likeness (QED) is 0.745. The number of aliphatic hydroxyl groups is 1. The molecular formula is C9H11FO2. The van der Waals surface area contributed by atoms with Crippen molar-refractivity contribution in [2.45, 2.75) is 6.10 Å². The highest BCUT2D eigenvalue weighted by Crippen LogP contribution is 2.12. The highest BCUT2D eigenvalue weighted by Gasteiger charge is 2.05. The molecule has 0 aromatic heterocycles. The Morgan fingerprint density at radius 1 is 1.42 bits per heavy atom. The third-order valence-corrected chi connectivity index (χ3v) is 1.58. The predicted molar refractivity (Wildman–Crippen MR) is 43.2 cm³/mol. The van der Waals surface area contributed by atoms with Crippen LogP contribution in [0.2, 0.25) is 0 Å². The first-order valence-electron chi connectivity index (χ1n) is 3.66. The van der Waals surface area contributed by atoms with Crippen molar-refractivity contribution in [1.29, 1.82) is 0 Å². The Hall–Kier alpha value is -0.930. The van der Waals surface area contributed by atoms with Crippen molar-refractivity contribution < 1.29 is 14.2 Å². The van der Waals surface area contributed by atoms with Gasteiger partial charge in [0.05, 0.1) is 6.61 Å². The van der Waals surface area contributed by atoms with Crippen molar-refractivity contribution in [2.75, 3.05) is 13.7 Å². The van der Waals surface area contributed by atoms with E-state index in [0.29, 0.717) is 5.56 Å². The SMILES string of the molecule is COCC(O)c1ccc(F)cc1. The molecule has 0 aliphatic rings. The first kappa shape index (κ1) is 9.16. The lowest BCUT2D eigenvalue weighted by Crippen LogP contribution is -2.04. The summed E-state index contributed by atoms with van der Waals surface area (Å²) in [6.45, 7) is 0.228. The standard InChI is InChI=1S/C9H11FO2/c1-12-6-9(11)7-2-4-8(10)5-3-7/h2-5,9,11H,6H2,1H3. The molecule has 1 rings (SSSR count). The van der Waals surface area contributed by atoms with E-state index in [9.17, 15) is 9.50 Å². The second-order valence-corrected chi connectivity index (χ2v) is 2.52. The maximum Gasteiger partial charge on any atom is 0.123 e. The molecule has 2 nitrogen and oxygen atoms in total. The van der Waals surface area contributed by atoms with Gasteiger partial charge in [0.15, 0.2) is 0 Å². The molecule has 1 atom stereocenters. The number of ether oxygens (including phenoxy) is 1. The van der Waals surface area contributed by atoms with Crippen LogP contribution in [0.5, 0.6) is 0 Å². The van der Waals surface area contributed by atoms with Gasteiger partial charge in [0.25, 0.3) is 0 Å². The first-order valence-corrected chi connectivity index (χ1v) is 3.66. The fourth-order valence-electron chi connectivity index (χ4n) is 0.939. The van der Waals surface area contributed by atoms with Crippen LogP contribution in [0.1, 0.15) is 11.7 Å². The number of rotatable bonds is 3. The Morgan fingerprint density at radius 2 is 2.00 bits per heavy atom. The average Bonchev–Trinajstić information content (AvgIpc) is 2.06. The summed E-state index contributed by atoms with van der Waals surface area (Å²) in [7, 11) is 1.51. The molecular weight excluding hydrogens is 159 g/mol.